The van der Waals surface area contributed by atoms with Crippen LogP contribution in [-0.2, 0) is 11.8 Å². The minimum Gasteiger partial charge on any atom is -0.497 e. The van der Waals surface area contributed by atoms with Gasteiger partial charge in [0.05, 0.1) is 7.11 Å². The first-order valence-corrected chi connectivity index (χ1v) is 9.77. The summed E-state index contributed by atoms with van der Waals surface area (Å²) in [6, 6.07) is 7.50. The zero-order chi connectivity index (χ0) is 19.7. The van der Waals surface area contributed by atoms with E-state index in [4.69, 9.17) is 9.47 Å². The summed E-state index contributed by atoms with van der Waals surface area (Å²) in [5.74, 6) is 2.48. The fraction of sp³-hybridized carbons (Fsp3) is 0.550. The molecule has 1 amide bonds. The van der Waals surface area contributed by atoms with E-state index < -0.39 is 0 Å². The second-order valence-electron chi connectivity index (χ2n) is 7.48. The Morgan fingerprint density at radius 2 is 1.75 bits per heavy atom. The molecule has 1 aromatic heterocycles. The molecule has 150 valence electrons. The normalized spacial score (nSPS) is 17.6. The Balaban J connectivity index is 1.32. The van der Waals surface area contributed by atoms with E-state index in [0.717, 1.165) is 37.3 Å². The lowest BCUT2D eigenvalue weighted by molar-refractivity contribution is -0.134. The van der Waals surface area contributed by atoms with Gasteiger partial charge in [-0.3, -0.25) is 9.36 Å². The van der Waals surface area contributed by atoms with Crippen molar-refractivity contribution in [2.75, 3.05) is 26.8 Å². The van der Waals surface area contributed by atoms with Gasteiger partial charge in [-0.2, -0.15) is 5.10 Å². The standard InChI is InChI=1S/C20H26N4O4/c1-22-20(26)24(15-3-4-15)19(21-22)14-9-11-23(12-10-14)18(25)13-28-17-7-5-16(27-2)6-8-17/h5-8,14-15H,3-4,9-13H2,1-2H3. The summed E-state index contributed by atoms with van der Waals surface area (Å²) in [6.45, 7) is 1.34. The van der Waals surface area contributed by atoms with Gasteiger partial charge in [-0.1, -0.05) is 0 Å². The topological polar surface area (TPSA) is 78.6 Å². The van der Waals surface area contributed by atoms with Crippen molar-refractivity contribution in [2.45, 2.75) is 37.6 Å². The highest BCUT2D eigenvalue weighted by molar-refractivity contribution is 5.77. The van der Waals surface area contributed by atoms with Crippen LogP contribution in [0.25, 0.3) is 0 Å². The number of piperidine rings is 1. The second-order valence-corrected chi connectivity index (χ2v) is 7.48. The highest BCUT2D eigenvalue weighted by atomic mass is 16.5. The third kappa shape index (κ3) is 3.76. The van der Waals surface area contributed by atoms with Gasteiger partial charge < -0.3 is 14.4 Å². The Hall–Kier alpha value is -2.77. The maximum absolute atomic E-state index is 12.5. The van der Waals surface area contributed by atoms with Crippen LogP contribution in [0.4, 0.5) is 0 Å². The van der Waals surface area contributed by atoms with Crippen LogP contribution in [0, 0.1) is 0 Å². The average molecular weight is 386 g/mol. The van der Waals surface area contributed by atoms with E-state index in [1.165, 1.54) is 4.68 Å². The summed E-state index contributed by atoms with van der Waals surface area (Å²) in [4.78, 5) is 26.6. The van der Waals surface area contributed by atoms with E-state index in [2.05, 4.69) is 5.10 Å². The number of aromatic nitrogens is 3. The number of nitrogens with zero attached hydrogens (tertiary/aromatic N) is 4. The summed E-state index contributed by atoms with van der Waals surface area (Å²) in [7, 11) is 3.32. The number of hydrogen-bond acceptors (Lipinski definition) is 5. The van der Waals surface area contributed by atoms with Crippen LogP contribution < -0.4 is 15.2 Å². The second kappa shape index (κ2) is 7.69. The molecule has 4 rings (SSSR count). The van der Waals surface area contributed by atoms with Crippen molar-refractivity contribution in [3.8, 4) is 11.5 Å². The van der Waals surface area contributed by atoms with Gasteiger partial charge in [0, 0.05) is 32.1 Å². The van der Waals surface area contributed by atoms with Crippen molar-refractivity contribution in [3.63, 3.8) is 0 Å². The number of aryl methyl sites for hydroxylation is 1. The van der Waals surface area contributed by atoms with Gasteiger partial charge in [-0.25, -0.2) is 9.48 Å². The maximum Gasteiger partial charge on any atom is 0.345 e. The molecule has 1 saturated carbocycles. The first-order chi connectivity index (χ1) is 13.6. The molecule has 2 aliphatic rings. The van der Waals surface area contributed by atoms with Crippen LogP contribution in [0.1, 0.15) is 43.5 Å². The number of hydrogen-bond donors (Lipinski definition) is 0. The van der Waals surface area contributed by atoms with Crippen LogP contribution in [0.5, 0.6) is 11.5 Å². The van der Waals surface area contributed by atoms with Gasteiger partial charge in [0.25, 0.3) is 5.91 Å². The van der Waals surface area contributed by atoms with Gasteiger partial charge in [-0.15, -0.1) is 0 Å². The monoisotopic (exact) mass is 386 g/mol. The van der Waals surface area contributed by atoms with E-state index >= 15 is 0 Å². The molecule has 0 spiro atoms. The number of ether oxygens (including phenoxy) is 2. The largest absolute Gasteiger partial charge is 0.497 e. The Labute approximate surface area is 163 Å². The molecule has 1 aliphatic heterocycles. The molecule has 0 bridgehead atoms. The van der Waals surface area contributed by atoms with Crippen molar-refractivity contribution in [2.24, 2.45) is 7.05 Å². The number of amides is 1. The summed E-state index contributed by atoms with van der Waals surface area (Å²) in [5.41, 5.74) is -0.0242. The molecule has 1 aliphatic carbocycles. The fourth-order valence-corrected chi connectivity index (χ4v) is 3.75. The van der Waals surface area contributed by atoms with Crippen molar-refractivity contribution >= 4 is 5.91 Å². The van der Waals surface area contributed by atoms with Crippen LogP contribution in [0.3, 0.4) is 0 Å². The summed E-state index contributed by atoms with van der Waals surface area (Å²) in [6.07, 6.45) is 3.74. The lowest BCUT2D eigenvalue weighted by Gasteiger charge is -2.31. The van der Waals surface area contributed by atoms with E-state index in [1.807, 2.05) is 9.47 Å². The zero-order valence-electron chi connectivity index (χ0n) is 16.3. The third-order valence-corrected chi connectivity index (χ3v) is 5.53. The summed E-state index contributed by atoms with van der Waals surface area (Å²) >= 11 is 0. The molecule has 0 N–H and O–H groups in total. The highest BCUT2D eigenvalue weighted by Crippen LogP contribution is 2.37. The first-order valence-electron chi connectivity index (χ1n) is 9.77. The quantitative estimate of drug-likeness (QED) is 0.755. The predicted octanol–water partition coefficient (Wildman–Crippen LogP) is 1.71. The Morgan fingerprint density at radius 1 is 1.11 bits per heavy atom. The molecule has 2 fully saturated rings. The van der Waals surface area contributed by atoms with E-state index in [1.54, 1.807) is 38.4 Å². The van der Waals surface area contributed by atoms with Crippen molar-refractivity contribution in [3.05, 3.63) is 40.6 Å². The molecule has 8 heteroatoms. The van der Waals surface area contributed by atoms with Crippen LogP contribution in [0.2, 0.25) is 0 Å². The molecule has 1 aromatic carbocycles. The number of rotatable bonds is 6. The minimum atomic E-state index is -0.0242. The van der Waals surface area contributed by atoms with Crippen LogP contribution in [-0.4, -0.2) is 52.0 Å². The Bertz CT molecular complexity index is 890. The van der Waals surface area contributed by atoms with E-state index in [0.29, 0.717) is 24.9 Å². The Morgan fingerprint density at radius 3 is 2.36 bits per heavy atom. The number of carbonyl (C=O) groups is 1. The molecule has 28 heavy (non-hydrogen) atoms. The van der Waals surface area contributed by atoms with Gasteiger partial charge in [0.2, 0.25) is 0 Å². The average Bonchev–Trinajstić information content (AvgIpc) is 3.52. The minimum absolute atomic E-state index is 0.0186. The van der Waals surface area contributed by atoms with Crippen LogP contribution >= 0.6 is 0 Å². The molecule has 2 heterocycles. The summed E-state index contributed by atoms with van der Waals surface area (Å²) < 4.78 is 14.0. The van der Waals surface area contributed by atoms with E-state index in [-0.39, 0.29) is 24.1 Å². The molecular formula is C20H26N4O4. The predicted molar refractivity (Wildman–Crippen MR) is 103 cm³/mol. The molecule has 0 unspecified atom stereocenters. The van der Waals surface area contributed by atoms with Crippen molar-refractivity contribution < 1.29 is 14.3 Å². The van der Waals surface area contributed by atoms with E-state index in [9.17, 15) is 9.59 Å². The molecule has 2 aromatic rings. The first kappa shape index (κ1) is 18.6. The molecule has 0 radical (unpaired) electrons. The Kier molecular flexibility index (Phi) is 5.11. The lowest BCUT2D eigenvalue weighted by atomic mass is 9.96. The summed E-state index contributed by atoms with van der Waals surface area (Å²) in [5, 5.41) is 4.48. The lowest BCUT2D eigenvalue weighted by Crippen LogP contribution is -2.41. The number of methoxy groups -OCH3 is 1. The van der Waals surface area contributed by atoms with Gasteiger partial charge in [-0.05, 0) is 49.9 Å². The maximum atomic E-state index is 12.5. The number of carbonyl (C=O) groups excluding carboxylic acids is 1. The number of likely N-dealkylation sites (tertiary alicyclic amines) is 1. The van der Waals surface area contributed by atoms with Crippen molar-refractivity contribution in [1.29, 1.82) is 0 Å². The zero-order valence-corrected chi connectivity index (χ0v) is 16.3. The molecular weight excluding hydrogens is 360 g/mol. The van der Waals surface area contributed by atoms with Gasteiger partial charge >= 0.3 is 5.69 Å². The van der Waals surface area contributed by atoms with Crippen molar-refractivity contribution in [1.82, 2.24) is 19.2 Å². The fourth-order valence-electron chi connectivity index (χ4n) is 3.75. The highest BCUT2D eigenvalue weighted by Gasteiger charge is 2.34. The SMILES string of the molecule is COc1ccc(OCC(=O)N2CCC(c3nn(C)c(=O)n3C3CC3)CC2)cc1. The molecule has 0 atom stereocenters. The molecule has 8 nitrogen and oxygen atoms in total. The number of benzene rings is 1. The third-order valence-electron chi connectivity index (χ3n) is 5.53. The van der Waals surface area contributed by atoms with Gasteiger partial charge in [0.1, 0.15) is 17.3 Å². The van der Waals surface area contributed by atoms with Crippen LogP contribution in [0.15, 0.2) is 29.1 Å². The molecule has 1 saturated heterocycles. The van der Waals surface area contributed by atoms with Gasteiger partial charge in [0.15, 0.2) is 6.61 Å². The smallest absolute Gasteiger partial charge is 0.345 e.